The first-order valence-electron chi connectivity index (χ1n) is 4.74. The van der Waals surface area contributed by atoms with Gasteiger partial charge in [-0.3, -0.25) is 0 Å². The minimum Gasteiger partial charge on any atom is -0.218 e. The molecule has 0 unspecified atom stereocenters. The first kappa shape index (κ1) is 10.2. The van der Waals surface area contributed by atoms with Crippen LogP contribution in [-0.2, 0) is 5.88 Å². The molecule has 0 radical (unpaired) electrons. The summed E-state index contributed by atoms with van der Waals surface area (Å²) in [6.07, 6.45) is 1.52. The highest BCUT2D eigenvalue weighted by Gasteiger charge is 2.05. The first-order valence-corrected chi connectivity index (χ1v) is 5.27. The highest BCUT2D eigenvalue weighted by molar-refractivity contribution is 6.16. The van der Waals surface area contributed by atoms with Crippen molar-refractivity contribution in [2.45, 2.75) is 19.7 Å². The molecule has 0 aliphatic heterocycles. The van der Waals surface area contributed by atoms with Crippen LogP contribution in [0.15, 0.2) is 24.5 Å². The first-order chi connectivity index (χ1) is 7.20. The van der Waals surface area contributed by atoms with Crippen LogP contribution in [0.25, 0.3) is 5.69 Å². The maximum atomic E-state index is 5.78. The number of hydrogen-bond acceptors (Lipinski definition) is 2. The lowest BCUT2D eigenvalue weighted by molar-refractivity contribution is 0.830. The molecule has 0 aliphatic rings. The summed E-state index contributed by atoms with van der Waals surface area (Å²) < 4.78 is 1.77. The van der Waals surface area contributed by atoms with Gasteiger partial charge in [0.05, 0.1) is 11.6 Å². The van der Waals surface area contributed by atoms with E-state index in [0.717, 1.165) is 11.5 Å². The lowest BCUT2D eigenvalue weighted by Crippen LogP contribution is -2.02. The fourth-order valence-electron chi connectivity index (χ4n) is 1.65. The van der Waals surface area contributed by atoms with Crippen LogP contribution in [0.2, 0.25) is 0 Å². The van der Waals surface area contributed by atoms with E-state index in [2.05, 4.69) is 42.1 Å². The van der Waals surface area contributed by atoms with Gasteiger partial charge < -0.3 is 0 Å². The number of aromatic nitrogens is 3. The molecule has 0 bridgehead atoms. The molecule has 1 heterocycles. The molecule has 78 valence electrons. The monoisotopic (exact) mass is 221 g/mol. The summed E-state index contributed by atoms with van der Waals surface area (Å²) in [6, 6.07) is 6.26. The average Bonchev–Trinajstić information content (AvgIpc) is 2.63. The minimum atomic E-state index is 0.368. The summed E-state index contributed by atoms with van der Waals surface area (Å²) in [6.45, 7) is 4.13. The molecule has 1 aromatic carbocycles. The number of benzene rings is 1. The van der Waals surface area contributed by atoms with E-state index in [1.165, 1.54) is 17.5 Å². The van der Waals surface area contributed by atoms with E-state index in [-0.39, 0.29) is 0 Å². The fraction of sp³-hybridized carbons (Fsp3) is 0.273. The van der Waals surface area contributed by atoms with Crippen molar-refractivity contribution in [1.29, 1.82) is 0 Å². The molecule has 15 heavy (non-hydrogen) atoms. The lowest BCUT2D eigenvalue weighted by Gasteiger charge is -2.06. The van der Waals surface area contributed by atoms with Gasteiger partial charge in [0.25, 0.3) is 0 Å². The zero-order chi connectivity index (χ0) is 10.8. The summed E-state index contributed by atoms with van der Waals surface area (Å²) in [5.41, 5.74) is 3.43. The van der Waals surface area contributed by atoms with Crippen LogP contribution < -0.4 is 0 Å². The van der Waals surface area contributed by atoms with Crippen molar-refractivity contribution in [2.24, 2.45) is 0 Å². The standard InChI is InChI=1S/C11H12ClN3/c1-8-3-9(2)5-10(4-8)15-11(6-12)13-7-14-15/h3-5,7H,6H2,1-2H3. The number of rotatable bonds is 2. The molecule has 0 saturated carbocycles. The number of halogens is 1. The number of aryl methyl sites for hydroxylation is 2. The largest absolute Gasteiger partial charge is 0.218 e. The maximum absolute atomic E-state index is 5.78. The van der Waals surface area contributed by atoms with Crippen LogP contribution in [-0.4, -0.2) is 14.8 Å². The Morgan fingerprint density at radius 3 is 2.47 bits per heavy atom. The van der Waals surface area contributed by atoms with E-state index in [1.807, 2.05) is 0 Å². The van der Waals surface area contributed by atoms with Crippen molar-refractivity contribution in [1.82, 2.24) is 14.8 Å². The summed E-state index contributed by atoms with van der Waals surface area (Å²) in [4.78, 5) is 4.09. The quantitative estimate of drug-likeness (QED) is 0.730. The number of hydrogen-bond donors (Lipinski definition) is 0. The van der Waals surface area contributed by atoms with Gasteiger partial charge in [-0.05, 0) is 37.1 Å². The van der Waals surface area contributed by atoms with Gasteiger partial charge in [-0.1, -0.05) is 6.07 Å². The van der Waals surface area contributed by atoms with E-state index >= 15 is 0 Å². The van der Waals surface area contributed by atoms with Gasteiger partial charge in [0.1, 0.15) is 12.2 Å². The van der Waals surface area contributed by atoms with Crippen molar-refractivity contribution in [3.8, 4) is 5.69 Å². The van der Waals surface area contributed by atoms with Gasteiger partial charge >= 0.3 is 0 Å². The molecule has 4 heteroatoms. The van der Waals surface area contributed by atoms with Gasteiger partial charge in [-0.25, -0.2) is 9.67 Å². The Balaban J connectivity index is 2.53. The molecule has 0 fully saturated rings. The van der Waals surface area contributed by atoms with E-state index in [0.29, 0.717) is 5.88 Å². The highest BCUT2D eigenvalue weighted by Crippen LogP contribution is 2.14. The van der Waals surface area contributed by atoms with Crippen LogP contribution in [0.1, 0.15) is 17.0 Å². The van der Waals surface area contributed by atoms with Gasteiger partial charge in [-0.2, -0.15) is 5.10 Å². The Labute approximate surface area is 93.7 Å². The molecule has 0 atom stereocenters. The highest BCUT2D eigenvalue weighted by atomic mass is 35.5. The predicted molar refractivity (Wildman–Crippen MR) is 60.4 cm³/mol. The van der Waals surface area contributed by atoms with Crippen molar-refractivity contribution in [3.05, 3.63) is 41.5 Å². The molecule has 1 aromatic heterocycles. The van der Waals surface area contributed by atoms with Gasteiger partial charge in [0.15, 0.2) is 0 Å². The fourth-order valence-corrected chi connectivity index (χ4v) is 1.83. The number of nitrogens with zero attached hydrogens (tertiary/aromatic N) is 3. The van der Waals surface area contributed by atoms with Gasteiger partial charge in [0, 0.05) is 0 Å². The Hall–Kier alpha value is -1.35. The van der Waals surface area contributed by atoms with E-state index in [9.17, 15) is 0 Å². The third-order valence-corrected chi connectivity index (χ3v) is 2.43. The molecular formula is C11H12ClN3. The molecular weight excluding hydrogens is 210 g/mol. The van der Waals surface area contributed by atoms with Crippen molar-refractivity contribution < 1.29 is 0 Å². The molecule has 0 saturated heterocycles. The van der Waals surface area contributed by atoms with Crippen molar-refractivity contribution in [3.63, 3.8) is 0 Å². The molecule has 2 aromatic rings. The van der Waals surface area contributed by atoms with Crippen LogP contribution >= 0.6 is 11.6 Å². The number of alkyl halides is 1. The molecule has 2 rings (SSSR count). The van der Waals surface area contributed by atoms with Gasteiger partial charge in [-0.15, -0.1) is 11.6 Å². The van der Waals surface area contributed by atoms with E-state index < -0.39 is 0 Å². The molecule has 3 nitrogen and oxygen atoms in total. The Bertz CT molecular complexity index is 456. The van der Waals surface area contributed by atoms with Gasteiger partial charge in [0.2, 0.25) is 0 Å². The van der Waals surface area contributed by atoms with Crippen LogP contribution in [0.3, 0.4) is 0 Å². The Morgan fingerprint density at radius 1 is 1.20 bits per heavy atom. The molecule has 0 spiro atoms. The minimum absolute atomic E-state index is 0.368. The Morgan fingerprint density at radius 2 is 1.87 bits per heavy atom. The topological polar surface area (TPSA) is 30.7 Å². The zero-order valence-electron chi connectivity index (χ0n) is 8.74. The maximum Gasteiger partial charge on any atom is 0.147 e. The average molecular weight is 222 g/mol. The summed E-state index contributed by atoms with van der Waals surface area (Å²) >= 11 is 5.78. The smallest absolute Gasteiger partial charge is 0.147 e. The van der Waals surface area contributed by atoms with Crippen LogP contribution in [0, 0.1) is 13.8 Å². The summed E-state index contributed by atoms with van der Waals surface area (Å²) in [5, 5.41) is 4.16. The normalized spacial score (nSPS) is 10.6. The third kappa shape index (κ3) is 2.02. The summed E-state index contributed by atoms with van der Waals surface area (Å²) in [5.74, 6) is 1.13. The van der Waals surface area contributed by atoms with Crippen LogP contribution in [0.5, 0.6) is 0 Å². The lowest BCUT2D eigenvalue weighted by atomic mass is 10.1. The second-order valence-electron chi connectivity index (χ2n) is 3.57. The zero-order valence-corrected chi connectivity index (χ0v) is 9.49. The van der Waals surface area contributed by atoms with Crippen LogP contribution in [0.4, 0.5) is 0 Å². The second-order valence-corrected chi connectivity index (χ2v) is 3.83. The van der Waals surface area contributed by atoms with Crippen molar-refractivity contribution >= 4 is 11.6 Å². The predicted octanol–water partition coefficient (Wildman–Crippen LogP) is 2.62. The van der Waals surface area contributed by atoms with Crippen molar-refractivity contribution in [2.75, 3.05) is 0 Å². The second kappa shape index (κ2) is 4.03. The SMILES string of the molecule is Cc1cc(C)cc(-n2ncnc2CCl)c1. The third-order valence-electron chi connectivity index (χ3n) is 2.19. The summed E-state index contributed by atoms with van der Waals surface area (Å²) in [7, 11) is 0. The molecule has 0 aliphatic carbocycles. The van der Waals surface area contributed by atoms with E-state index in [4.69, 9.17) is 11.6 Å². The Kier molecular flexibility index (Phi) is 2.73. The van der Waals surface area contributed by atoms with E-state index in [1.54, 1.807) is 4.68 Å². The molecule has 0 amide bonds. The molecule has 0 N–H and O–H groups in total.